The smallest absolute Gasteiger partial charge is 0.365 e. The Balaban J connectivity index is 3.09. The fraction of sp³-hybridized carbons (Fsp3) is 0.500. The molecule has 0 bridgehead atoms. The van der Waals surface area contributed by atoms with Gasteiger partial charge in [-0.1, -0.05) is 0 Å². The summed E-state index contributed by atoms with van der Waals surface area (Å²) in [6.45, 7) is 3.75. The van der Waals surface area contributed by atoms with Crippen molar-refractivity contribution in [3.8, 4) is 0 Å². The van der Waals surface area contributed by atoms with Gasteiger partial charge in [0, 0.05) is 19.2 Å². The Hall–Kier alpha value is -1.69. The Morgan fingerprint density at radius 2 is 2.13 bits per heavy atom. The summed E-state index contributed by atoms with van der Waals surface area (Å²) in [5.41, 5.74) is 7.74. The van der Waals surface area contributed by atoms with Gasteiger partial charge in [0.05, 0.1) is 25.1 Å². The molecule has 0 amide bonds. The maximum Gasteiger partial charge on any atom is 0.365 e. The monoisotopic (exact) mass is 343 g/mol. The van der Waals surface area contributed by atoms with Crippen molar-refractivity contribution < 1.29 is 18.7 Å². The molecule has 0 unspecified atom stereocenters. The molecule has 0 saturated carbocycles. The van der Waals surface area contributed by atoms with Crippen molar-refractivity contribution in [2.75, 3.05) is 25.6 Å². The van der Waals surface area contributed by atoms with Crippen LogP contribution >= 0.6 is 7.60 Å². The molecule has 0 aromatic carbocycles. The molecule has 1 heterocycles. The molecule has 0 aliphatic carbocycles. The standard InChI is InChI=1S/C14H22N3O5P/c1-3-21-23(20,22-4-2)12(8-11-18)6-5-9-17-10-7-13(15)16-14(17)19/h5,7,10,18H,3-4,8-9,11H2,1-2H3,(H2,15,16,19). The molecule has 0 spiro atoms. The van der Waals surface area contributed by atoms with E-state index in [9.17, 15) is 9.36 Å². The van der Waals surface area contributed by atoms with Crippen LogP contribution < -0.4 is 11.4 Å². The van der Waals surface area contributed by atoms with E-state index in [0.29, 0.717) is 0 Å². The van der Waals surface area contributed by atoms with Gasteiger partial charge in [-0.25, -0.2) is 4.79 Å². The fourth-order valence-electron chi connectivity index (χ4n) is 1.77. The number of nitrogens with zero attached hydrogens (tertiary/aromatic N) is 2. The van der Waals surface area contributed by atoms with Crippen LogP contribution in [0.3, 0.4) is 0 Å². The summed E-state index contributed by atoms with van der Waals surface area (Å²) in [7, 11) is -3.50. The minimum absolute atomic E-state index is 0.0999. The first-order valence-electron chi connectivity index (χ1n) is 7.24. The van der Waals surface area contributed by atoms with E-state index in [2.05, 4.69) is 10.7 Å². The highest BCUT2D eigenvalue weighted by Gasteiger charge is 2.28. The van der Waals surface area contributed by atoms with E-state index in [1.807, 2.05) is 0 Å². The molecule has 0 atom stereocenters. The summed E-state index contributed by atoms with van der Waals surface area (Å²) < 4.78 is 24.5. The van der Waals surface area contributed by atoms with E-state index in [0.717, 1.165) is 0 Å². The number of aliphatic hydroxyl groups excluding tert-OH is 1. The predicted octanol–water partition coefficient (Wildman–Crippen LogP) is 1.51. The third kappa shape index (κ3) is 5.78. The summed E-state index contributed by atoms with van der Waals surface area (Å²) in [4.78, 5) is 15.2. The van der Waals surface area contributed by atoms with Crippen molar-refractivity contribution in [3.63, 3.8) is 0 Å². The lowest BCUT2D eigenvalue weighted by Gasteiger charge is -2.18. The largest absolute Gasteiger partial charge is 0.396 e. The number of hydrogen-bond acceptors (Lipinski definition) is 7. The lowest BCUT2D eigenvalue weighted by molar-refractivity contribution is 0.222. The quantitative estimate of drug-likeness (QED) is 0.515. The SMILES string of the molecule is CCOP(=O)(OCC)C(=C=CCn1ccc(N)nc1=O)CCO. The van der Waals surface area contributed by atoms with E-state index in [1.54, 1.807) is 13.8 Å². The first-order chi connectivity index (χ1) is 11.0. The van der Waals surface area contributed by atoms with Crippen LogP contribution in [0.4, 0.5) is 5.82 Å². The summed E-state index contributed by atoms with van der Waals surface area (Å²) in [6.07, 6.45) is 3.11. The minimum atomic E-state index is -3.50. The minimum Gasteiger partial charge on any atom is -0.396 e. The van der Waals surface area contributed by atoms with Gasteiger partial charge in [0.15, 0.2) is 0 Å². The topological polar surface area (TPSA) is 117 Å². The molecule has 0 fully saturated rings. The molecule has 0 saturated heterocycles. The molecule has 23 heavy (non-hydrogen) atoms. The molecule has 0 aliphatic rings. The highest BCUT2D eigenvalue weighted by atomic mass is 31.2. The molecular formula is C14H22N3O5P. The number of nitrogen functional groups attached to an aromatic ring is 1. The zero-order chi connectivity index (χ0) is 17.3. The zero-order valence-corrected chi connectivity index (χ0v) is 14.2. The summed E-state index contributed by atoms with van der Waals surface area (Å²) in [6, 6.07) is 1.50. The predicted molar refractivity (Wildman–Crippen MR) is 87.1 cm³/mol. The van der Waals surface area contributed by atoms with Crippen LogP contribution in [0.25, 0.3) is 0 Å². The average molecular weight is 343 g/mol. The molecule has 1 aromatic heterocycles. The molecule has 8 nitrogen and oxygen atoms in total. The van der Waals surface area contributed by atoms with Gasteiger partial charge in [-0.3, -0.25) is 9.13 Å². The molecule has 1 aromatic rings. The second-order valence-corrected chi connectivity index (χ2v) is 6.44. The molecular weight excluding hydrogens is 321 g/mol. The van der Waals surface area contributed by atoms with Gasteiger partial charge in [0.2, 0.25) is 0 Å². The summed E-state index contributed by atoms with van der Waals surface area (Å²) in [5.74, 6) is 0.143. The molecule has 128 valence electrons. The van der Waals surface area contributed by atoms with Crippen molar-refractivity contribution in [3.05, 3.63) is 39.9 Å². The Bertz CT molecular complexity index is 669. The molecule has 3 N–H and O–H groups in total. The van der Waals surface area contributed by atoms with Crippen molar-refractivity contribution in [1.82, 2.24) is 9.55 Å². The van der Waals surface area contributed by atoms with Gasteiger partial charge in [-0.2, -0.15) is 4.98 Å². The van der Waals surface area contributed by atoms with Crippen molar-refractivity contribution >= 4 is 13.4 Å². The maximum absolute atomic E-state index is 12.7. The third-order valence-corrected chi connectivity index (χ3v) is 4.94. The number of hydrogen-bond donors (Lipinski definition) is 2. The van der Waals surface area contributed by atoms with Gasteiger partial charge >= 0.3 is 13.3 Å². The number of nitrogens with two attached hydrogens (primary N) is 1. The summed E-state index contributed by atoms with van der Waals surface area (Å²) in [5, 5.41) is 9.38. The van der Waals surface area contributed by atoms with Crippen LogP contribution in [0, 0.1) is 0 Å². The van der Waals surface area contributed by atoms with Crippen LogP contribution in [0.1, 0.15) is 20.3 Å². The van der Waals surface area contributed by atoms with E-state index in [1.165, 1.54) is 22.9 Å². The lowest BCUT2D eigenvalue weighted by atomic mass is 10.4. The van der Waals surface area contributed by atoms with Crippen LogP contribution in [-0.4, -0.2) is 34.5 Å². The molecule has 9 heteroatoms. The number of aromatic nitrogens is 2. The fourth-order valence-corrected chi connectivity index (χ4v) is 3.46. The maximum atomic E-state index is 12.7. The van der Waals surface area contributed by atoms with E-state index < -0.39 is 13.3 Å². The van der Waals surface area contributed by atoms with E-state index in [4.69, 9.17) is 19.9 Å². The Labute approximate surface area is 134 Å². The van der Waals surface area contributed by atoms with Gasteiger partial charge in [0.25, 0.3) is 0 Å². The van der Waals surface area contributed by atoms with E-state index in [-0.39, 0.29) is 43.9 Å². The highest BCUT2D eigenvalue weighted by molar-refractivity contribution is 7.58. The first kappa shape index (κ1) is 19.4. The normalized spacial score (nSPS) is 11.1. The molecule has 0 radical (unpaired) electrons. The second-order valence-electron chi connectivity index (χ2n) is 4.39. The van der Waals surface area contributed by atoms with Crippen LogP contribution in [-0.2, 0) is 20.2 Å². The lowest BCUT2D eigenvalue weighted by Crippen LogP contribution is -2.22. The summed E-state index contributed by atoms with van der Waals surface area (Å²) >= 11 is 0. The van der Waals surface area contributed by atoms with Crippen molar-refractivity contribution in [2.24, 2.45) is 0 Å². The van der Waals surface area contributed by atoms with Crippen LogP contribution in [0.5, 0.6) is 0 Å². The van der Waals surface area contributed by atoms with Crippen molar-refractivity contribution in [1.29, 1.82) is 0 Å². The van der Waals surface area contributed by atoms with Gasteiger partial charge in [-0.05, 0) is 26.0 Å². The van der Waals surface area contributed by atoms with Gasteiger partial charge in [0.1, 0.15) is 5.82 Å². The Morgan fingerprint density at radius 1 is 1.48 bits per heavy atom. The Kier molecular flexibility index (Phi) is 7.95. The Morgan fingerprint density at radius 3 is 2.65 bits per heavy atom. The van der Waals surface area contributed by atoms with Crippen LogP contribution in [0.2, 0.25) is 0 Å². The zero-order valence-electron chi connectivity index (χ0n) is 13.3. The second kappa shape index (κ2) is 9.45. The van der Waals surface area contributed by atoms with E-state index >= 15 is 0 Å². The number of rotatable bonds is 9. The van der Waals surface area contributed by atoms with Gasteiger partial charge < -0.3 is 19.9 Å². The number of aliphatic hydroxyl groups is 1. The third-order valence-electron chi connectivity index (χ3n) is 2.73. The average Bonchev–Trinajstić information content (AvgIpc) is 2.49. The van der Waals surface area contributed by atoms with Crippen molar-refractivity contribution in [2.45, 2.75) is 26.8 Å². The van der Waals surface area contributed by atoms with Crippen LogP contribution in [0.15, 0.2) is 34.2 Å². The number of anilines is 1. The molecule has 0 aliphatic heterocycles. The first-order valence-corrected chi connectivity index (χ1v) is 8.78. The highest BCUT2D eigenvalue weighted by Crippen LogP contribution is 2.56. The molecule has 1 rings (SSSR count). The van der Waals surface area contributed by atoms with Gasteiger partial charge in [-0.15, -0.1) is 5.73 Å².